The molecule has 0 aromatic carbocycles. The maximum absolute atomic E-state index is 10.6. The van der Waals surface area contributed by atoms with Crippen LogP contribution < -0.4 is 10.6 Å². The summed E-state index contributed by atoms with van der Waals surface area (Å²) in [6, 6.07) is 0. The highest BCUT2D eigenvalue weighted by Crippen LogP contribution is 2.34. The summed E-state index contributed by atoms with van der Waals surface area (Å²) in [5, 5.41) is 11.0. The van der Waals surface area contributed by atoms with Gasteiger partial charge in [0.25, 0.3) is 0 Å². The summed E-state index contributed by atoms with van der Waals surface area (Å²) < 4.78 is 1.85. The summed E-state index contributed by atoms with van der Waals surface area (Å²) in [5.41, 5.74) is 5.75. The summed E-state index contributed by atoms with van der Waals surface area (Å²) in [5.74, 6) is 1.66. The molecule has 2 atom stereocenters. The number of nitrogens with zero attached hydrogens (tertiary/aromatic N) is 5. The van der Waals surface area contributed by atoms with E-state index in [9.17, 15) is 5.11 Å². The number of aliphatic hydroxyl groups is 1. The average molecular weight is 323 g/mol. The topological polar surface area (TPSA) is 93.1 Å². The Kier molecular flexibility index (Phi) is 4.17. The molecule has 0 saturated carbocycles. The summed E-state index contributed by atoms with van der Waals surface area (Å²) in [7, 11) is 1.88. The van der Waals surface area contributed by atoms with E-state index in [4.69, 9.17) is 17.3 Å². The van der Waals surface area contributed by atoms with Gasteiger partial charge in [0.15, 0.2) is 5.82 Å². The van der Waals surface area contributed by atoms with Gasteiger partial charge in [-0.3, -0.25) is 0 Å². The normalized spacial score (nSPS) is 20.1. The molecule has 0 radical (unpaired) electrons. The molecular weight excluding hydrogens is 304 g/mol. The lowest BCUT2D eigenvalue weighted by Gasteiger charge is -2.35. The standard InChI is InChI=1S/C14H19ClN6O/c1-20-6-4-17-14(20)11(22)9-3-2-5-21(7-9)13-10(15)12(16)18-8-19-13/h4,6,8-9,11,22H,2-3,5,7H2,1H3,(H2,16,18,19)/t9-,11+/m0/s1. The fourth-order valence-electron chi connectivity index (χ4n) is 2.93. The summed E-state index contributed by atoms with van der Waals surface area (Å²) in [6.45, 7) is 1.49. The van der Waals surface area contributed by atoms with E-state index in [2.05, 4.69) is 19.9 Å². The largest absolute Gasteiger partial charge is 0.385 e. The van der Waals surface area contributed by atoms with Crippen molar-refractivity contribution in [1.29, 1.82) is 0 Å². The minimum absolute atomic E-state index is 0.0714. The monoisotopic (exact) mass is 322 g/mol. The lowest BCUT2D eigenvalue weighted by Crippen LogP contribution is -2.39. The zero-order valence-electron chi connectivity index (χ0n) is 12.4. The first-order valence-electron chi connectivity index (χ1n) is 7.24. The second-order valence-corrected chi connectivity index (χ2v) is 5.96. The van der Waals surface area contributed by atoms with Crippen LogP contribution in [0.15, 0.2) is 18.7 Å². The molecule has 3 heterocycles. The number of nitrogen functional groups attached to an aromatic ring is 1. The maximum atomic E-state index is 10.6. The summed E-state index contributed by atoms with van der Waals surface area (Å²) >= 11 is 6.21. The Hall–Kier alpha value is -1.86. The Morgan fingerprint density at radius 1 is 1.41 bits per heavy atom. The number of piperidine rings is 1. The van der Waals surface area contributed by atoms with Crippen molar-refractivity contribution in [2.45, 2.75) is 18.9 Å². The van der Waals surface area contributed by atoms with Crippen LogP contribution in [0.5, 0.6) is 0 Å². The van der Waals surface area contributed by atoms with Crippen LogP contribution in [0.3, 0.4) is 0 Å². The highest BCUT2D eigenvalue weighted by Gasteiger charge is 2.30. The van der Waals surface area contributed by atoms with Crippen LogP contribution in [0, 0.1) is 5.92 Å². The molecular formula is C14H19ClN6O. The number of nitrogens with two attached hydrogens (primary N) is 1. The fraction of sp³-hybridized carbons (Fsp3) is 0.500. The van der Waals surface area contributed by atoms with Crippen molar-refractivity contribution in [3.63, 3.8) is 0 Å². The molecule has 2 aromatic heterocycles. The van der Waals surface area contributed by atoms with E-state index < -0.39 is 6.10 Å². The Morgan fingerprint density at radius 3 is 2.95 bits per heavy atom. The molecule has 0 spiro atoms. The van der Waals surface area contributed by atoms with Crippen LogP contribution in [-0.4, -0.2) is 37.7 Å². The van der Waals surface area contributed by atoms with E-state index >= 15 is 0 Å². The van der Waals surface area contributed by atoms with Crippen molar-refractivity contribution in [2.75, 3.05) is 23.7 Å². The minimum Gasteiger partial charge on any atom is -0.385 e. The number of aryl methyl sites for hydroxylation is 1. The molecule has 22 heavy (non-hydrogen) atoms. The van der Waals surface area contributed by atoms with Gasteiger partial charge in [-0.2, -0.15) is 0 Å². The molecule has 0 bridgehead atoms. The van der Waals surface area contributed by atoms with E-state index in [1.807, 2.05) is 17.8 Å². The minimum atomic E-state index is -0.610. The highest BCUT2D eigenvalue weighted by atomic mass is 35.5. The molecule has 1 aliphatic heterocycles. The predicted molar refractivity (Wildman–Crippen MR) is 84.6 cm³/mol. The molecule has 8 heteroatoms. The van der Waals surface area contributed by atoms with Crippen LogP contribution in [0.25, 0.3) is 0 Å². The zero-order chi connectivity index (χ0) is 15.7. The van der Waals surface area contributed by atoms with Gasteiger partial charge in [-0.1, -0.05) is 11.6 Å². The maximum Gasteiger partial charge on any atom is 0.153 e. The van der Waals surface area contributed by atoms with E-state index in [1.165, 1.54) is 6.33 Å². The van der Waals surface area contributed by atoms with Crippen molar-refractivity contribution in [3.05, 3.63) is 29.6 Å². The number of aromatic nitrogens is 4. The number of halogens is 1. The van der Waals surface area contributed by atoms with Gasteiger partial charge in [-0.15, -0.1) is 0 Å². The van der Waals surface area contributed by atoms with Crippen LogP contribution in [0.2, 0.25) is 5.02 Å². The van der Waals surface area contributed by atoms with Crippen molar-refractivity contribution in [1.82, 2.24) is 19.5 Å². The van der Waals surface area contributed by atoms with Gasteiger partial charge in [0.2, 0.25) is 0 Å². The van der Waals surface area contributed by atoms with Crippen molar-refractivity contribution < 1.29 is 5.11 Å². The average Bonchev–Trinajstić information content (AvgIpc) is 2.95. The molecule has 7 nitrogen and oxygen atoms in total. The zero-order valence-corrected chi connectivity index (χ0v) is 13.1. The third-order valence-electron chi connectivity index (χ3n) is 4.12. The summed E-state index contributed by atoms with van der Waals surface area (Å²) in [6.07, 6.45) is 6.22. The lowest BCUT2D eigenvalue weighted by molar-refractivity contribution is 0.0874. The molecule has 3 rings (SSSR count). The number of imidazole rings is 1. The fourth-order valence-corrected chi connectivity index (χ4v) is 3.14. The van der Waals surface area contributed by atoms with Gasteiger partial charge in [-0.05, 0) is 12.8 Å². The third-order valence-corrected chi connectivity index (χ3v) is 4.49. The molecule has 1 saturated heterocycles. The Labute approximate surface area is 133 Å². The number of aliphatic hydroxyl groups excluding tert-OH is 1. The first-order valence-corrected chi connectivity index (χ1v) is 7.62. The second-order valence-electron chi connectivity index (χ2n) is 5.59. The third kappa shape index (κ3) is 2.74. The predicted octanol–water partition coefficient (Wildman–Crippen LogP) is 1.40. The smallest absolute Gasteiger partial charge is 0.153 e. The van der Waals surface area contributed by atoms with Crippen LogP contribution in [-0.2, 0) is 7.05 Å². The van der Waals surface area contributed by atoms with Gasteiger partial charge >= 0.3 is 0 Å². The summed E-state index contributed by atoms with van der Waals surface area (Å²) in [4.78, 5) is 14.4. The first-order chi connectivity index (χ1) is 10.6. The molecule has 118 valence electrons. The van der Waals surface area contributed by atoms with Crippen LogP contribution >= 0.6 is 11.6 Å². The number of rotatable bonds is 3. The van der Waals surface area contributed by atoms with Gasteiger partial charge < -0.3 is 20.3 Å². The van der Waals surface area contributed by atoms with Gasteiger partial charge in [-0.25, -0.2) is 15.0 Å². The SMILES string of the molecule is Cn1ccnc1[C@H](O)[C@H]1CCCN(c2ncnc(N)c2Cl)C1. The van der Waals surface area contributed by atoms with E-state index in [0.717, 1.165) is 19.4 Å². The Bertz CT molecular complexity index is 661. The molecule has 0 amide bonds. The molecule has 1 fully saturated rings. The second kappa shape index (κ2) is 6.10. The molecule has 0 unspecified atom stereocenters. The van der Waals surface area contributed by atoms with Crippen LogP contribution in [0.4, 0.5) is 11.6 Å². The van der Waals surface area contributed by atoms with E-state index in [-0.39, 0.29) is 11.7 Å². The molecule has 2 aromatic rings. The number of hydrogen-bond donors (Lipinski definition) is 2. The Balaban J connectivity index is 1.80. The van der Waals surface area contributed by atoms with E-state index in [1.54, 1.807) is 6.20 Å². The number of hydrogen-bond acceptors (Lipinski definition) is 6. The van der Waals surface area contributed by atoms with Gasteiger partial charge in [0, 0.05) is 38.4 Å². The van der Waals surface area contributed by atoms with Crippen molar-refractivity contribution in [2.24, 2.45) is 13.0 Å². The quantitative estimate of drug-likeness (QED) is 0.887. The molecule has 3 N–H and O–H groups in total. The van der Waals surface area contributed by atoms with Gasteiger partial charge in [0.1, 0.15) is 29.1 Å². The van der Waals surface area contributed by atoms with Gasteiger partial charge in [0.05, 0.1) is 0 Å². The first kappa shape index (κ1) is 15.1. The van der Waals surface area contributed by atoms with Crippen molar-refractivity contribution in [3.8, 4) is 0 Å². The number of anilines is 2. The molecule has 0 aliphatic carbocycles. The highest BCUT2D eigenvalue weighted by molar-refractivity contribution is 6.35. The lowest BCUT2D eigenvalue weighted by atomic mass is 9.92. The van der Waals surface area contributed by atoms with E-state index in [0.29, 0.717) is 23.2 Å². The van der Waals surface area contributed by atoms with Crippen molar-refractivity contribution >= 4 is 23.2 Å². The Morgan fingerprint density at radius 2 is 2.23 bits per heavy atom. The molecule has 1 aliphatic rings. The van der Waals surface area contributed by atoms with Crippen LogP contribution in [0.1, 0.15) is 24.8 Å².